The molecule has 3 heterocycles. The highest BCUT2D eigenvalue weighted by Crippen LogP contribution is 2.20. The second-order valence-electron chi connectivity index (χ2n) is 6.90. The summed E-state index contributed by atoms with van der Waals surface area (Å²) in [6.07, 6.45) is 4.50. The van der Waals surface area contributed by atoms with Crippen LogP contribution in [0.5, 0.6) is 0 Å². The maximum atomic E-state index is 12.0. The highest BCUT2D eigenvalue weighted by Gasteiger charge is 2.26. The summed E-state index contributed by atoms with van der Waals surface area (Å²) < 4.78 is 6.73. The van der Waals surface area contributed by atoms with E-state index in [0.29, 0.717) is 18.0 Å². The van der Waals surface area contributed by atoms with Crippen molar-refractivity contribution in [2.24, 2.45) is 0 Å². The maximum Gasteiger partial charge on any atom is 0.407 e. The molecule has 1 unspecified atom stereocenters. The third kappa shape index (κ3) is 3.50. The van der Waals surface area contributed by atoms with E-state index in [1.165, 1.54) is 4.40 Å². The Bertz CT molecular complexity index is 790. The standard InChI is InChI=1S/C15H22N6O3/c1-15(2,3)24-14(23)17-10-5-4-7-20(9-10)11-12-18-19-13(22)21(12)8-6-16-11/h6,8,10H,4-5,7,9H2,1-3H3,(H,17,23)(H,19,22). The van der Waals surface area contributed by atoms with Crippen molar-refractivity contribution in [1.29, 1.82) is 0 Å². The molecule has 2 N–H and O–H groups in total. The molecule has 0 aliphatic carbocycles. The molecular formula is C15H22N6O3. The van der Waals surface area contributed by atoms with Gasteiger partial charge in [0.25, 0.3) is 0 Å². The number of nitrogens with zero attached hydrogens (tertiary/aromatic N) is 4. The Kier molecular flexibility index (Phi) is 4.16. The molecule has 1 aliphatic rings. The molecule has 1 aliphatic heterocycles. The molecule has 0 aromatic carbocycles. The summed E-state index contributed by atoms with van der Waals surface area (Å²) in [5.74, 6) is 0.631. The lowest BCUT2D eigenvalue weighted by Crippen LogP contribution is -2.49. The Balaban J connectivity index is 1.73. The number of rotatable bonds is 2. The molecule has 0 spiro atoms. The number of ether oxygens (including phenoxy) is 1. The van der Waals surface area contributed by atoms with Crippen LogP contribution in [0.1, 0.15) is 33.6 Å². The molecular weight excluding hydrogens is 312 g/mol. The first kappa shape index (κ1) is 16.3. The van der Waals surface area contributed by atoms with Crippen molar-refractivity contribution in [3.63, 3.8) is 0 Å². The van der Waals surface area contributed by atoms with Crippen molar-refractivity contribution >= 4 is 17.6 Å². The summed E-state index contributed by atoms with van der Waals surface area (Å²) in [5.41, 5.74) is -0.337. The summed E-state index contributed by atoms with van der Waals surface area (Å²) >= 11 is 0. The molecule has 24 heavy (non-hydrogen) atoms. The van der Waals surface area contributed by atoms with Crippen molar-refractivity contribution in [3.05, 3.63) is 22.9 Å². The van der Waals surface area contributed by atoms with Crippen molar-refractivity contribution < 1.29 is 9.53 Å². The van der Waals surface area contributed by atoms with Crippen molar-refractivity contribution in [2.75, 3.05) is 18.0 Å². The number of H-pyrrole nitrogens is 1. The normalized spacial score (nSPS) is 18.6. The summed E-state index contributed by atoms with van der Waals surface area (Å²) in [6, 6.07) is -0.0404. The molecule has 2 aromatic rings. The van der Waals surface area contributed by atoms with Gasteiger partial charge in [0.05, 0.1) is 0 Å². The van der Waals surface area contributed by atoms with E-state index in [1.54, 1.807) is 12.4 Å². The zero-order valence-electron chi connectivity index (χ0n) is 14.1. The van der Waals surface area contributed by atoms with E-state index in [0.717, 1.165) is 19.4 Å². The van der Waals surface area contributed by atoms with Crippen LogP contribution < -0.4 is 15.9 Å². The highest BCUT2D eigenvalue weighted by atomic mass is 16.6. The Labute approximate surface area is 139 Å². The minimum Gasteiger partial charge on any atom is -0.444 e. The minimum atomic E-state index is -0.526. The van der Waals surface area contributed by atoms with Crippen LogP contribution in [0.3, 0.4) is 0 Å². The summed E-state index contributed by atoms with van der Waals surface area (Å²) in [4.78, 5) is 30.0. The van der Waals surface area contributed by atoms with Crippen molar-refractivity contribution in [1.82, 2.24) is 24.9 Å². The maximum absolute atomic E-state index is 12.0. The molecule has 1 amide bonds. The number of piperidine rings is 1. The number of carbonyl (C=O) groups excluding carboxylic acids is 1. The fourth-order valence-corrected chi connectivity index (χ4v) is 2.81. The number of aromatic amines is 1. The van der Waals surface area contributed by atoms with Gasteiger partial charge in [0.15, 0.2) is 5.82 Å². The first-order valence-corrected chi connectivity index (χ1v) is 8.00. The SMILES string of the molecule is CC(C)(C)OC(=O)NC1CCCN(c2nccn3c(=O)[nH]nc23)C1. The first-order chi connectivity index (χ1) is 11.3. The van der Waals surface area contributed by atoms with E-state index < -0.39 is 11.7 Å². The number of aromatic nitrogens is 4. The predicted octanol–water partition coefficient (Wildman–Crippen LogP) is 0.911. The second-order valence-corrected chi connectivity index (χ2v) is 6.90. The topological polar surface area (TPSA) is 105 Å². The highest BCUT2D eigenvalue weighted by molar-refractivity contribution is 5.68. The number of alkyl carbamates (subject to hydrolysis) is 1. The molecule has 1 fully saturated rings. The van der Waals surface area contributed by atoms with Crippen LogP contribution in [0.4, 0.5) is 10.6 Å². The quantitative estimate of drug-likeness (QED) is 0.846. The summed E-state index contributed by atoms with van der Waals surface area (Å²) in [7, 11) is 0. The molecule has 2 aromatic heterocycles. The number of hydrogen-bond acceptors (Lipinski definition) is 6. The lowest BCUT2D eigenvalue weighted by molar-refractivity contribution is 0.0500. The molecule has 130 valence electrons. The van der Waals surface area contributed by atoms with Crippen LogP contribution in [0.15, 0.2) is 17.2 Å². The number of nitrogens with one attached hydrogen (secondary N) is 2. The van der Waals surface area contributed by atoms with Crippen LogP contribution in [0.25, 0.3) is 5.65 Å². The van der Waals surface area contributed by atoms with Crippen LogP contribution in [-0.2, 0) is 4.74 Å². The Morgan fingerprint density at radius 3 is 3.00 bits per heavy atom. The molecule has 0 bridgehead atoms. The van der Waals surface area contributed by atoms with Gasteiger partial charge in [-0.25, -0.2) is 24.1 Å². The van der Waals surface area contributed by atoms with Gasteiger partial charge in [-0.3, -0.25) is 0 Å². The van der Waals surface area contributed by atoms with E-state index in [2.05, 4.69) is 20.5 Å². The van der Waals surface area contributed by atoms with Crippen molar-refractivity contribution in [2.45, 2.75) is 45.3 Å². The molecule has 9 nitrogen and oxygen atoms in total. The molecule has 0 saturated carbocycles. The van der Waals surface area contributed by atoms with E-state index in [9.17, 15) is 9.59 Å². The molecule has 3 rings (SSSR count). The average molecular weight is 334 g/mol. The van der Waals surface area contributed by atoms with Crippen LogP contribution >= 0.6 is 0 Å². The van der Waals surface area contributed by atoms with Crippen LogP contribution in [0.2, 0.25) is 0 Å². The number of hydrogen-bond donors (Lipinski definition) is 2. The van der Waals surface area contributed by atoms with Gasteiger partial charge in [-0.1, -0.05) is 0 Å². The Hall–Kier alpha value is -2.58. The van der Waals surface area contributed by atoms with Gasteiger partial charge in [-0.15, -0.1) is 5.10 Å². The number of fused-ring (bicyclic) bond motifs is 1. The average Bonchev–Trinajstić information content (AvgIpc) is 2.87. The second kappa shape index (κ2) is 6.14. The van der Waals surface area contributed by atoms with Gasteiger partial charge in [-0.05, 0) is 33.6 Å². The van der Waals surface area contributed by atoms with E-state index in [1.807, 2.05) is 25.7 Å². The van der Waals surface area contributed by atoms with E-state index >= 15 is 0 Å². The zero-order valence-corrected chi connectivity index (χ0v) is 14.1. The number of anilines is 1. The van der Waals surface area contributed by atoms with Gasteiger partial charge in [0.2, 0.25) is 5.65 Å². The lowest BCUT2D eigenvalue weighted by atomic mass is 10.1. The Morgan fingerprint density at radius 2 is 2.25 bits per heavy atom. The fourth-order valence-electron chi connectivity index (χ4n) is 2.81. The van der Waals surface area contributed by atoms with Gasteiger partial charge < -0.3 is 15.0 Å². The van der Waals surface area contributed by atoms with E-state index in [-0.39, 0.29) is 11.7 Å². The lowest BCUT2D eigenvalue weighted by Gasteiger charge is -2.34. The monoisotopic (exact) mass is 334 g/mol. The number of amides is 1. The van der Waals surface area contributed by atoms with Gasteiger partial charge in [-0.2, -0.15) is 0 Å². The van der Waals surface area contributed by atoms with Crippen LogP contribution in [0, 0.1) is 0 Å². The third-order valence-corrected chi connectivity index (χ3v) is 3.76. The minimum absolute atomic E-state index is 0.0404. The predicted molar refractivity (Wildman–Crippen MR) is 88.2 cm³/mol. The van der Waals surface area contributed by atoms with Gasteiger partial charge in [0.1, 0.15) is 5.60 Å². The summed E-state index contributed by atoms with van der Waals surface area (Å²) in [5, 5.41) is 9.36. The fraction of sp³-hybridized carbons (Fsp3) is 0.600. The first-order valence-electron chi connectivity index (χ1n) is 8.00. The molecule has 1 saturated heterocycles. The molecule has 9 heteroatoms. The molecule has 0 radical (unpaired) electrons. The Morgan fingerprint density at radius 1 is 1.46 bits per heavy atom. The molecule has 1 atom stereocenters. The van der Waals surface area contributed by atoms with Gasteiger partial charge >= 0.3 is 11.8 Å². The number of carbonyl (C=O) groups is 1. The summed E-state index contributed by atoms with van der Waals surface area (Å²) in [6.45, 7) is 6.88. The van der Waals surface area contributed by atoms with Crippen molar-refractivity contribution in [3.8, 4) is 0 Å². The largest absolute Gasteiger partial charge is 0.444 e. The van der Waals surface area contributed by atoms with Crippen LogP contribution in [-0.4, -0.2) is 50.4 Å². The van der Waals surface area contributed by atoms with E-state index in [4.69, 9.17) is 4.74 Å². The van der Waals surface area contributed by atoms with Gasteiger partial charge in [0, 0.05) is 31.5 Å². The third-order valence-electron chi connectivity index (χ3n) is 3.76. The zero-order chi connectivity index (χ0) is 17.3. The smallest absolute Gasteiger partial charge is 0.407 e.